The number of halogens is 3. The number of alkyl halides is 3. The fraction of sp³-hybridized carbons (Fsp3) is 0.500. The van der Waals surface area contributed by atoms with E-state index >= 15 is 0 Å². The standard InChI is InChI=1S/C16H18F3NO3/c1-2-12(16(17,18)19)9-14(21)20-13(10-23-15(20)22)8-11-6-4-3-5-7-11/h3-7,12-13H,2,8-10H2,1H3/t12-,13+/m1/s1. The van der Waals surface area contributed by atoms with Crippen LogP contribution >= 0.6 is 0 Å². The molecule has 0 radical (unpaired) electrons. The third-order valence-corrected chi connectivity index (χ3v) is 3.92. The molecule has 2 atom stereocenters. The highest BCUT2D eigenvalue weighted by Crippen LogP contribution is 2.32. The van der Waals surface area contributed by atoms with Crippen LogP contribution in [0.2, 0.25) is 0 Å². The van der Waals surface area contributed by atoms with Gasteiger partial charge in [-0.2, -0.15) is 13.2 Å². The predicted molar refractivity (Wildman–Crippen MR) is 76.6 cm³/mol. The minimum absolute atomic E-state index is 0.00226. The molecular formula is C16H18F3NO3. The Labute approximate surface area is 132 Å². The summed E-state index contributed by atoms with van der Waals surface area (Å²) in [7, 11) is 0. The van der Waals surface area contributed by atoms with Gasteiger partial charge in [-0.1, -0.05) is 37.3 Å². The Morgan fingerprint density at radius 1 is 1.35 bits per heavy atom. The van der Waals surface area contributed by atoms with Crippen molar-refractivity contribution in [1.29, 1.82) is 0 Å². The molecule has 4 nitrogen and oxygen atoms in total. The van der Waals surface area contributed by atoms with Gasteiger partial charge < -0.3 is 4.74 Å². The van der Waals surface area contributed by atoms with Crippen molar-refractivity contribution in [2.45, 2.75) is 38.4 Å². The molecule has 1 aromatic carbocycles. The summed E-state index contributed by atoms with van der Waals surface area (Å²) in [5, 5.41) is 0. The van der Waals surface area contributed by atoms with Gasteiger partial charge in [0.15, 0.2) is 0 Å². The van der Waals surface area contributed by atoms with E-state index in [9.17, 15) is 22.8 Å². The van der Waals surface area contributed by atoms with Gasteiger partial charge in [0.1, 0.15) is 6.61 Å². The summed E-state index contributed by atoms with van der Waals surface area (Å²) in [5.41, 5.74) is 0.886. The molecule has 1 aliphatic heterocycles. The van der Waals surface area contributed by atoms with E-state index in [0.717, 1.165) is 10.5 Å². The number of carbonyl (C=O) groups is 2. The molecule has 0 N–H and O–H groups in total. The number of carbonyl (C=O) groups excluding carboxylic acids is 2. The Bertz CT molecular complexity index is 559. The second kappa shape index (κ2) is 7.02. The van der Waals surface area contributed by atoms with Crippen LogP contribution in [0.4, 0.5) is 18.0 Å². The zero-order chi connectivity index (χ0) is 17.0. The van der Waals surface area contributed by atoms with Crippen molar-refractivity contribution >= 4 is 12.0 Å². The van der Waals surface area contributed by atoms with Crippen LogP contribution in [0.5, 0.6) is 0 Å². The van der Waals surface area contributed by atoms with E-state index < -0.39 is 36.6 Å². The Balaban J connectivity index is 2.08. The molecule has 0 saturated carbocycles. The molecule has 126 valence electrons. The van der Waals surface area contributed by atoms with Gasteiger partial charge in [0.25, 0.3) is 0 Å². The third-order valence-electron chi connectivity index (χ3n) is 3.92. The van der Waals surface area contributed by atoms with Crippen LogP contribution in [-0.2, 0) is 16.0 Å². The third kappa shape index (κ3) is 4.24. The van der Waals surface area contributed by atoms with Crippen LogP contribution < -0.4 is 0 Å². The van der Waals surface area contributed by atoms with E-state index in [4.69, 9.17) is 4.74 Å². The number of cyclic esters (lactones) is 1. The van der Waals surface area contributed by atoms with Gasteiger partial charge in [0.05, 0.1) is 12.0 Å². The number of hydrogen-bond acceptors (Lipinski definition) is 3. The first-order valence-corrected chi connectivity index (χ1v) is 7.42. The average Bonchev–Trinajstić information content (AvgIpc) is 2.85. The first-order valence-electron chi connectivity index (χ1n) is 7.42. The molecule has 1 fully saturated rings. The van der Waals surface area contributed by atoms with E-state index in [1.807, 2.05) is 30.3 Å². The van der Waals surface area contributed by atoms with Gasteiger partial charge in [0, 0.05) is 6.42 Å². The van der Waals surface area contributed by atoms with Crippen LogP contribution in [0, 0.1) is 5.92 Å². The van der Waals surface area contributed by atoms with Gasteiger partial charge in [0.2, 0.25) is 5.91 Å². The summed E-state index contributed by atoms with van der Waals surface area (Å²) in [6.07, 6.45) is -5.90. The lowest BCUT2D eigenvalue weighted by Gasteiger charge is -2.23. The summed E-state index contributed by atoms with van der Waals surface area (Å²) in [6.45, 7) is 1.37. The maximum absolute atomic E-state index is 12.8. The Morgan fingerprint density at radius 2 is 2.00 bits per heavy atom. The molecule has 7 heteroatoms. The summed E-state index contributed by atoms with van der Waals surface area (Å²) < 4.78 is 43.3. The first kappa shape index (κ1) is 17.3. The van der Waals surface area contributed by atoms with Crippen molar-refractivity contribution in [2.75, 3.05) is 6.61 Å². The normalized spacial score (nSPS) is 19.6. The van der Waals surface area contributed by atoms with Gasteiger partial charge in [-0.3, -0.25) is 4.79 Å². The number of hydrogen-bond donors (Lipinski definition) is 0. The number of benzene rings is 1. The summed E-state index contributed by atoms with van der Waals surface area (Å²) in [5.74, 6) is -2.58. The second-order valence-corrected chi connectivity index (χ2v) is 5.54. The highest BCUT2D eigenvalue weighted by Gasteiger charge is 2.44. The van der Waals surface area contributed by atoms with Crippen molar-refractivity contribution in [2.24, 2.45) is 5.92 Å². The zero-order valence-electron chi connectivity index (χ0n) is 12.7. The van der Waals surface area contributed by atoms with Crippen LogP contribution in [-0.4, -0.2) is 35.7 Å². The largest absolute Gasteiger partial charge is 0.447 e. The zero-order valence-corrected chi connectivity index (χ0v) is 12.7. The molecule has 1 aromatic rings. The SMILES string of the molecule is CC[C@H](CC(=O)N1C(=O)OC[C@@H]1Cc1ccccc1)C(F)(F)F. The van der Waals surface area contributed by atoms with Gasteiger partial charge >= 0.3 is 12.3 Å². The fourth-order valence-corrected chi connectivity index (χ4v) is 2.60. The molecule has 1 aliphatic rings. The monoisotopic (exact) mass is 329 g/mol. The Morgan fingerprint density at radius 3 is 2.57 bits per heavy atom. The highest BCUT2D eigenvalue weighted by atomic mass is 19.4. The number of imide groups is 1. The minimum atomic E-state index is -4.46. The van der Waals surface area contributed by atoms with Crippen molar-refractivity contribution in [3.63, 3.8) is 0 Å². The molecule has 2 amide bonds. The minimum Gasteiger partial charge on any atom is -0.447 e. The number of ether oxygens (including phenoxy) is 1. The lowest BCUT2D eigenvalue weighted by atomic mass is 10.00. The van der Waals surface area contributed by atoms with Gasteiger partial charge in [-0.25, -0.2) is 9.69 Å². The average molecular weight is 329 g/mol. The van der Waals surface area contributed by atoms with Gasteiger partial charge in [-0.15, -0.1) is 0 Å². The van der Waals surface area contributed by atoms with Crippen LogP contribution in [0.3, 0.4) is 0 Å². The molecule has 23 heavy (non-hydrogen) atoms. The summed E-state index contributed by atoms with van der Waals surface area (Å²) >= 11 is 0. The van der Waals surface area contributed by atoms with Crippen LogP contribution in [0.15, 0.2) is 30.3 Å². The quantitative estimate of drug-likeness (QED) is 0.830. The molecule has 0 unspecified atom stereocenters. The molecule has 0 bridgehead atoms. The van der Waals surface area contributed by atoms with Gasteiger partial charge in [-0.05, 0) is 18.4 Å². The van der Waals surface area contributed by atoms with E-state index in [-0.39, 0.29) is 13.0 Å². The smallest absolute Gasteiger partial charge is 0.416 e. The molecule has 0 spiro atoms. The fourth-order valence-electron chi connectivity index (χ4n) is 2.60. The molecule has 0 aromatic heterocycles. The van der Waals surface area contributed by atoms with E-state index in [2.05, 4.69) is 0 Å². The summed E-state index contributed by atoms with van der Waals surface area (Å²) in [6, 6.07) is 8.55. The molecule has 2 rings (SSSR count). The lowest BCUT2D eigenvalue weighted by Crippen LogP contribution is -2.42. The molecular weight excluding hydrogens is 311 g/mol. The van der Waals surface area contributed by atoms with Crippen molar-refractivity contribution in [3.05, 3.63) is 35.9 Å². The van der Waals surface area contributed by atoms with Crippen molar-refractivity contribution in [3.8, 4) is 0 Å². The topological polar surface area (TPSA) is 46.6 Å². The maximum atomic E-state index is 12.8. The number of nitrogens with zero attached hydrogens (tertiary/aromatic N) is 1. The molecule has 0 aliphatic carbocycles. The Hall–Kier alpha value is -2.05. The summed E-state index contributed by atoms with van der Waals surface area (Å²) in [4.78, 5) is 24.8. The van der Waals surface area contributed by atoms with Crippen molar-refractivity contribution < 1.29 is 27.5 Å². The Kier molecular flexibility index (Phi) is 5.28. The van der Waals surface area contributed by atoms with E-state index in [1.165, 1.54) is 6.92 Å². The lowest BCUT2D eigenvalue weighted by molar-refractivity contribution is -0.181. The van der Waals surface area contributed by atoms with Crippen molar-refractivity contribution in [1.82, 2.24) is 4.90 Å². The number of amides is 2. The van der Waals surface area contributed by atoms with E-state index in [0.29, 0.717) is 6.42 Å². The predicted octanol–water partition coefficient (Wildman–Crippen LogP) is 3.56. The second-order valence-electron chi connectivity index (χ2n) is 5.54. The first-order chi connectivity index (χ1) is 10.8. The maximum Gasteiger partial charge on any atom is 0.416 e. The molecule has 1 saturated heterocycles. The van der Waals surface area contributed by atoms with E-state index in [1.54, 1.807) is 0 Å². The molecule has 1 heterocycles. The van der Waals surface area contributed by atoms with Crippen LogP contribution in [0.25, 0.3) is 0 Å². The highest BCUT2D eigenvalue weighted by molar-refractivity contribution is 5.93. The number of rotatable bonds is 5. The van der Waals surface area contributed by atoms with Crippen LogP contribution in [0.1, 0.15) is 25.3 Å².